The van der Waals surface area contributed by atoms with Crippen molar-refractivity contribution in [2.45, 2.75) is 13.8 Å². The van der Waals surface area contributed by atoms with Crippen LogP contribution in [0.3, 0.4) is 0 Å². The van der Waals surface area contributed by atoms with Crippen molar-refractivity contribution < 1.29 is 0 Å². The van der Waals surface area contributed by atoms with Crippen molar-refractivity contribution in [1.82, 2.24) is 10.2 Å². The molecule has 0 atom stereocenters. The molecular formula is C12H14N4. The van der Waals surface area contributed by atoms with Crippen molar-refractivity contribution in [3.05, 3.63) is 41.5 Å². The van der Waals surface area contributed by atoms with Gasteiger partial charge < -0.3 is 5.43 Å². The first kappa shape index (κ1) is 10.6. The van der Waals surface area contributed by atoms with Crippen LogP contribution in [0.4, 0.5) is 5.82 Å². The number of anilines is 1. The Labute approximate surface area is 94.5 Å². The summed E-state index contributed by atoms with van der Waals surface area (Å²) < 4.78 is 0. The highest BCUT2D eigenvalue weighted by Crippen LogP contribution is 2.22. The normalized spacial score (nSPS) is 10.2. The lowest BCUT2D eigenvalue weighted by atomic mass is 10.0. The summed E-state index contributed by atoms with van der Waals surface area (Å²) in [5.41, 5.74) is 6.85. The van der Waals surface area contributed by atoms with Crippen molar-refractivity contribution in [2.75, 3.05) is 5.43 Å². The van der Waals surface area contributed by atoms with Gasteiger partial charge in [-0.05, 0) is 31.5 Å². The Morgan fingerprint density at radius 2 is 1.88 bits per heavy atom. The van der Waals surface area contributed by atoms with Crippen LogP contribution < -0.4 is 11.3 Å². The third kappa shape index (κ3) is 2.01. The van der Waals surface area contributed by atoms with Gasteiger partial charge in [-0.3, -0.25) is 0 Å². The van der Waals surface area contributed by atoms with Crippen molar-refractivity contribution in [3.8, 4) is 11.3 Å². The van der Waals surface area contributed by atoms with Crippen molar-refractivity contribution in [1.29, 1.82) is 0 Å². The van der Waals surface area contributed by atoms with Gasteiger partial charge in [-0.1, -0.05) is 23.8 Å². The van der Waals surface area contributed by atoms with Crippen LogP contribution in [0.15, 0.2) is 30.3 Å². The number of aromatic nitrogens is 2. The predicted molar refractivity (Wildman–Crippen MR) is 64.8 cm³/mol. The monoisotopic (exact) mass is 214 g/mol. The Morgan fingerprint density at radius 1 is 1.06 bits per heavy atom. The van der Waals surface area contributed by atoms with Crippen LogP contribution in [0.2, 0.25) is 0 Å². The lowest BCUT2D eigenvalue weighted by molar-refractivity contribution is 1.02. The van der Waals surface area contributed by atoms with E-state index in [4.69, 9.17) is 5.84 Å². The number of nitrogens with two attached hydrogens (primary N) is 1. The lowest BCUT2D eigenvalue weighted by Gasteiger charge is -2.06. The van der Waals surface area contributed by atoms with E-state index in [0.717, 1.165) is 11.3 Å². The predicted octanol–water partition coefficient (Wildman–Crippen LogP) is 2.05. The molecule has 0 radical (unpaired) electrons. The maximum atomic E-state index is 5.24. The molecule has 4 nitrogen and oxygen atoms in total. The second kappa shape index (κ2) is 4.28. The molecule has 0 spiro atoms. The van der Waals surface area contributed by atoms with E-state index in [-0.39, 0.29) is 0 Å². The summed E-state index contributed by atoms with van der Waals surface area (Å²) in [6.45, 7) is 4.14. The summed E-state index contributed by atoms with van der Waals surface area (Å²) in [7, 11) is 0. The number of rotatable bonds is 2. The minimum absolute atomic E-state index is 0.563. The van der Waals surface area contributed by atoms with E-state index in [1.54, 1.807) is 0 Å². The molecule has 0 aliphatic heterocycles. The van der Waals surface area contributed by atoms with Gasteiger partial charge in [0.15, 0.2) is 5.82 Å². The first-order chi connectivity index (χ1) is 7.70. The molecule has 1 heterocycles. The highest BCUT2D eigenvalue weighted by molar-refractivity contribution is 5.64. The zero-order valence-electron chi connectivity index (χ0n) is 9.36. The second-order valence-electron chi connectivity index (χ2n) is 3.77. The fourth-order valence-electron chi connectivity index (χ4n) is 1.65. The number of hydrogen-bond acceptors (Lipinski definition) is 4. The SMILES string of the molecule is Cc1ccc(-c2ccc(NN)nn2)c(C)c1. The van der Waals surface area contributed by atoms with Gasteiger partial charge in [-0.15, -0.1) is 10.2 Å². The Kier molecular flexibility index (Phi) is 2.83. The van der Waals surface area contributed by atoms with E-state index in [9.17, 15) is 0 Å². The van der Waals surface area contributed by atoms with E-state index in [2.05, 4.69) is 47.7 Å². The van der Waals surface area contributed by atoms with E-state index in [1.807, 2.05) is 12.1 Å². The van der Waals surface area contributed by atoms with Crippen molar-refractivity contribution in [3.63, 3.8) is 0 Å². The summed E-state index contributed by atoms with van der Waals surface area (Å²) >= 11 is 0. The van der Waals surface area contributed by atoms with Crippen LogP contribution in [0, 0.1) is 13.8 Å². The molecule has 0 unspecified atom stereocenters. The number of hydrazine groups is 1. The first-order valence-electron chi connectivity index (χ1n) is 5.08. The number of benzene rings is 1. The molecule has 1 aromatic carbocycles. The zero-order valence-corrected chi connectivity index (χ0v) is 9.36. The number of hydrogen-bond donors (Lipinski definition) is 2. The largest absolute Gasteiger partial charge is 0.307 e. The maximum absolute atomic E-state index is 5.24. The number of aryl methyl sites for hydroxylation is 2. The van der Waals surface area contributed by atoms with Gasteiger partial charge in [-0.25, -0.2) is 5.84 Å². The Morgan fingerprint density at radius 3 is 2.44 bits per heavy atom. The molecule has 2 rings (SSSR count). The summed E-state index contributed by atoms with van der Waals surface area (Å²) in [6, 6.07) is 9.97. The van der Waals surface area contributed by atoms with Gasteiger partial charge in [0.05, 0.1) is 5.69 Å². The zero-order chi connectivity index (χ0) is 11.5. The summed E-state index contributed by atoms with van der Waals surface area (Å²) in [6.07, 6.45) is 0. The molecule has 82 valence electrons. The average molecular weight is 214 g/mol. The minimum Gasteiger partial charge on any atom is -0.307 e. The van der Waals surface area contributed by atoms with E-state index in [0.29, 0.717) is 5.82 Å². The summed E-state index contributed by atoms with van der Waals surface area (Å²) in [5, 5.41) is 8.07. The topological polar surface area (TPSA) is 63.8 Å². The molecular weight excluding hydrogens is 200 g/mol. The highest BCUT2D eigenvalue weighted by atomic mass is 15.3. The number of nitrogens with one attached hydrogen (secondary N) is 1. The average Bonchev–Trinajstić information content (AvgIpc) is 2.29. The van der Waals surface area contributed by atoms with Crippen LogP contribution in [0.25, 0.3) is 11.3 Å². The van der Waals surface area contributed by atoms with Gasteiger partial charge in [0, 0.05) is 5.56 Å². The highest BCUT2D eigenvalue weighted by Gasteiger charge is 2.03. The Hall–Kier alpha value is -1.94. The standard InChI is InChI=1S/C12H14N4/c1-8-3-4-10(9(2)7-8)11-5-6-12(14-13)16-15-11/h3-7H,13H2,1-2H3,(H,14,16). The first-order valence-corrected chi connectivity index (χ1v) is 5.08. The smallest absolute Gasteiger partial charge is 0.162 e. The molecule has 0 saturated heterocycles. The van der Waals surface area contributed by atoms with Gasteiger partial charge in [0.25, 0.3) is 0 Å². The second-order valence-corrected chi connectivity index (χ2v) is 3.77. The fraction of sp³-hybridized carbons (Fsp3) is 0.167. The molecule has 1 aromatic heterocycles. The number of nitrogen functional groups attached to an aromatic ring is 1. The third-order valence-electron chi connectivity index (χ3n) is 2.47. The molecule has 0 aliphatic carbocycles. The Balaban J connectivity index is 2.42. The molecule has 0 fully saturated rings. The van der Waals surface area contributed by atoms with E-state index >= 15 is 0 Å². The van der Waals surface area contributed by atoms with Gasteiger partial charge in [-0.2, -0.15) is 0 Å². The number of nitrogens with zero attached hydrogens (tertiary/aromatic N) is 2. The minimum atomic E-state index is 0.563. The Bertz CT molecular complexity index is 491. The molecule has 3 N–H and O–H groups in total. The van der Waals surface area contributed by atoms with Crippen molar-refractivity contribution in [2.24, 2.45) is 5.84 Å². The molecule has 0 aliphatic rings. The fourth-order valence-corrected chi connectivity index (χ4v) is 1.65. The van der Waals surface area contributed by atoms with Gasteiger partial charge in [0.2, 0.25) is 0 Å². The van der Waals surface area contributed by atoms with Gasteiger partial charge in [0.1, 0.15) is 0 Å². The lowest BCUT2D eigenvalue weighted by Crippen LogP contribution is -2.09. The van der Waals surface area contributed by atoms with Crippen LogP contribution in [-0.2, 0) is 0 Å². The van der Waals surface area contributed by atoms with Crippen LogP contribution in [-0.4, -0.2) is 10.2 Å². The van der Waals surface area contributed by atoms with Crippen LogP contribution >= 0.6 is 0 Å². The quantitative estimate of drug-likeness (QED) is 0.593. The molecule has 16 heavy (non-hydrogen) atoms. The maximum Gasteiger partial charge on any atom is 0.162 e. The molecule has 2 aromatic rings. The van der Waals surface area contributed by atoms with E-state index in [1.165, 1.54) is 11.1 Å². The van der Waals surface area contributed by atoms with Crippen molar-refractivity contribution >= 4 is 5.82 Å². The van der Waals surface area contributed by atoms with Gasteiger partial charge >= 0.3 is 0 Å². The molecule has 0 bridgehead atoms. The van der Waals surface area contributed by atoms with Crippen LogP contribution in [0.1, 0.15) is 11.1 Å². The van der Waals surface area contributed by atoms with Crippen LogP contribution in [0.5, 0.6) is 0 Å². The summed E-state index contributed by atoms with van der Waals surface area (Å²) in [4.78, 5) is 0. The summed E-state index contributed by atoms with van der Waals surface area (Å²) in [5.74, 6) is 5.80. The third-order valence-corrected chi connectivity index (χ3v) is 2.47. The molecule has 4 heteroatoms. The molecule has 0 saturated carbocycles. The molecule has 0 amide bonds. The van der Waals surface area contributed by atoms with E-state index < -0.39 is 0 Å².